The summed E-state index contributed by atoms with van der Waals surface area (Å²) in [6.45, 7) is 4.59. The van der Waals surface area contributed by atoms with E-state index < -0.39 is 29.2 Å². The van der Waals surface area contributed by atoms with Crippen LogP contribution in [0.15, 0.2) is 91.0 Å². The average molecular weight is 471 g/mol. The summed E-state index contributed by atoms with van der Waals surface area (Å²) in [5, 5.41) is 10.8. The number of esters is 1. The lowest BCUT2D eigenvalue weighted by Crippen LogP contribution is -2.58. The molecule has 4 heteroatoms. The Balaban J connectivity index is 1.65. The minimum Gasteiger partial charge on any atom is -0.459 e. The number of methoxy groups -OCH3 is 1. The molecule has 4 nitrogen and oxygen atoms in total. The van der Waals surface area contributed by atoms with Crippen LogP contribution < -0.4 is 0 Å². The molecule has 182 valence electrons. The highest BCUT2D eigenvalue weighted by Gasteiger charge is 2.74. The van der Waals surface area contributed by atoms with Crippen molar-refractivity contribution in [3.8, 4) is 0 Å². The first kappa shape index (κ1) is 23.8. The van der Waals surface area contributed by atoms with E-state index in [2.05, 4.69) is 38.1 Å². The van der Waals surface area contributed by atoms with Crippen molar-refractivity contribution in [2.24, 2.45) is 16.7 Å². The second-order valence-corrected chi connectivity index (χ2v) is 10.5. The van der Waals surface area contributed by atoms with E-state index in [1.165, 1.54) is 0 Å². The Labute approximate surface area is 207 Å². The first-order valence-electron chi connectivity index (χ1n) is 12.5. The minimum atomic E-state index is -1.32. The summed E-state index contributed by atoms with van der Waals surface area (Å²) in [6.07, 6.45) is 0.947. The van der Waals surface area contributed by atoms with E-state index in [0.717, 1.165) is 30.4 Å². The van der Waals surface area contributed by atoms with Crippen LogP contribution in [-0.4, -0.2) is 24.3 Å². The van der Waals surface area contributed by atoms with Crippen LogP contribution in [0.5, 0.6) is 0 Å². The van der Waals surface area contributed by atoms with Crippen LogP contribution in [0.25, 0.3) is 0 Å². The van der Waals surface area contributed by atoms with Gasteiger partial charge in [0, 0.05) is 7.11 Å². The number of benzene rings is 3. The van der Waals surface area contributed by atoms with E-state index in [1.54, 1.807) is 19.2 Å². The molecule has 2 aliphatic rings. The van der Waals surface area contributed by atoms with Crippen LogP contribution >= 0.6 is 0 Å². The van der Waals surface area contributed by atoms with E-state index in [-0.39, 0.29) is 5.41 Å². The van der Waals surface area contributed by atoms with Gasteiger partial charge in [-0.3, -0.25) is 0 Å². The third-order valence-corrected chi connectivity index (χ3v) is 9.00. The molecule has 5 rings (SSSR count). The lowest BCUT2D eigenvalue weighted by atomic mass is 9.54. The number of hydrogen-bond acceptors (Lipinski definition) is 4. The van der Waals surface area contributed by atoms with Crippen LogP contribution in [-0.2, 0) is 19.9 Å². The van der Waals surface area contributed by atoms with Crippen molar-refractivity contribution in [3.63, 3.8) is 0 Å². The zero-order valence-corrected chi connectivity index (χ0v) is 20.7. The number of aliphatic hydroxyl groups is 1. The number of rotatable bonds is 7. The van der Waals surface area contributed by atoms with Gasteiger partial charge in [0.05, 0.1) is 5.41 Å². The van der Waals surface area contributed by atoms with Crippen molar-refractivity contribution >= 4 is 5.97 Å². The van der Waals surface area contributed by atoms with E-state index in [0.29, 0.717) is 11.5 Å². The van der Waals surface area contributed by atoms with Gasteiger partial charge in [-0.25, -0.2) is 4.79 Å². The molecule has 3 aromatic rings. The predicted molar refractivity (Wildman–Crippen MR) is 136 cm³/mol. The molecular weight excluding hydrogens is 436 g/mol. The maximum absolute atomic E-state index is 13.3. The molecule has 4 atom stereocenters. The Morgan fingerprint density at radius 2 is 1.43 bits per heavy atom. The summed E-state index contributed by atoms with van der Waals surface area (Å²) in [5.41, 5.74) is 1.12. The molecule has 0 aliphatic heterocycles. The van der Waals surface area contributed by atoms with Gasteiger partial charge in [-0.2, -0.15) is 0 Å². The number of hydrogen-bond donors (Lipinski definition) is 1. The van der Waals surface area contributed by atoms with Crippen LogP contribution in [0.2, 0.25) is 0 Å². The highest BCUT2D eigenvalue weighted by molar-refractivity contribution is 5.76. The average Bonchev–Trinajstić information content (AvgIpc) is 3.28. The van der Waals surface area contributed by atoms with Gasteiger partial charge in [0.2, 0.25) is 0 Å². The summed E-state index contributed by atoms with van der Waals surface area (Å²) >= 11 is 0. The largest absolute Gasteiger partial charge is 0.459 e. The molecule has 0 radical (unpaired) electrons. The first-order chi connectivity index (χ1) is 16.9. The molecule has 2 fully saturated rings. The van der Waals surface area contributed by atoms with Gasteiger partial charge >= 0.3 is 5.97 Å². The van der Waals surface area contributed by atoms with Crippen molar-refractivity contribution in [1.29, 1.82) is 0 Å². The van der Waals surface area contributed by atoms with Crippen molar-refractivity contribution in [2.45, 2.75) is 50.9 Å². The number of carbonyl (C=O) groups excluding carboxylic acids is 1. The zero-order valence-electron chi connectivity index (χ0n) is 20.7. The molecule has 1 N–H and O–H groups in total. The summed E-state index contributed by atoms with van der Waals surface area (Å²) in [6, 6.07) is 29.6. The van der Waals surface area contributed by atoms with Gasteiger partial charge in [0.25, 0.3) is 0 Å². The molecule has 0 spiro atoms. The zero-order chi connectivity index (χ0) is 24.7. The molecule has 35 heavy (non-hydrogen) atoms. The summed E-state index contributed by atoms with van der Waals surface area (Å²) < 4.78 is 12.9. The fourth-order valence-electron chi connectivity index (χ4n) is 7.32. The number of fused-ring (bicyclic) bond motifs is 2. The van der Waals surface area contributed by atoms with E-state index in [4.69, 9.17) is 9.47 Å². The normalized spacial score (nSPS) is 25.8. The van der Waals surface area contributed by atoms with E-state index in [9.17, 15) is 9.90 Å². The fourth-order valence-corrected chi connectivity index (χ4v) is 7.32. The quantitative estimate of drug-likeness (QED) is 0.427. The third-order valence-electron chi connectivity index (χ3n) is 9.00. The second-order valence-electron chi connectivity index (χ2n) is 10.5. The maximum atomic E-state index is 13.3. The van der Waals surface area contributed by atoms with Gasteiger partial charge in [-0.05, 0) is 47.3 Å². The predicted octanol–water partition coefficient (Wildman–Crippen LogP) is 6.05. The standard InChI is InChI=1S/C31H34O4/c1-29(2)25-19-20-30(29,26(21-25)35-28(33)27(32)22-13-7-4-8-14-22)31(34-3,23-15-9-5-10-16-23)24-17-11-6-12-18-24/h4-18,25-27,32H,19-21H2,1-3H3/t25-,26-,27-,30-/m0/s1. The summed E-state index contributed by atoms with van der Waals surface area (Å²) in [7, 11) is 1.77. The first-order valence-corrected chi connectivity index (χ1v) is 12.5. The van der Waals surface area contributed by atoms with E-state index >= 15 is 0 Å². The molecular formula is C31H34O4. The lowest BCUT2D eigenvalue weighted by molar-refractivity contribution is -0.198. The van der Waals surface area contributed by atoms with Crippen molar-refractivity contribution in [2.75, 3.05) is 7.11 Å². The lowest BCUT2D eigenvalue weighted by Gasteiger charge is -2.55. The minimum absolute atomic E-state index is 0.169. The summed E-state index contributed by atoms with van der Waals surface area (Å²) in [4.78, 5) is 13.3. The molecule has 0 aromatic heterocycles. The van der Waals surface area contributed by atoms with Crippen LogP contribution in [0.1, 0.15) is 55.9 Å². The number of ether oxygens (including phenoxy) is 2. The highest BCUT2D eigenvalue weighted by atomic mass is 16.6. The molecule has 2 bridgehead atoms. The Kier molecular flexibility index (Phi) is 6.06. The molecule has 0 amide bonds. The number of carbonyl (C=O) groups is 1. The fraction of sp³-hybridized carbons (Fsp3) is 0.387. The Bertz CT molecular complexity index is 1120. The van der Waals surface area contributed by atoms with Gasteiger partial charge in [-0.1, -0.05) is 105 Å². The SMILES string of the molecule is COC(c1ccccc1)(c1ccccc1)[C@@]12CC[C@@H](C[C@@H]1OC(=O)[C@@H](O)c1ccccc1)C2(C)C. The van der Waals surface area contributed by atoms with Gasteiger partial charge in [0.15, 0.2) is 6.10 Å². The topological polar surface area (TPSA) is 55.8 Å². The van der Waals surface area contributed by atoms with Gasteiger partial charge in [-0.15, -0.1) is 0 Å². The van der Waals surface area contributed by atoms with Crippen molar-refractivity contribution in [3.05, 3.63) is 108 Å². The van der Waals surface area contributed by atoms with Crippen LogP contribution in [0.3, 0.4) is 0 Å². The van der Waals surface area contributed by atoms with Gasteiger partial charge < -0.3 is 14.6 Å². The monoisotopic (exact) mass is 470 g/mol. The third kappa shape index (κ3) is 3.38. The van der Waals surface area contributed by atoms with Crippen molar-refractivity contribution in [1.82, 2.24) is 0 Å². The van der Waals surface area contributed by atoms with Crippen molar-refractivity contribution < 1.29 is 19.4 Å². The molecule has 2 aliphatic carbocycles. The van der Waals surface area contributed by atoms with E-state index in [1.807, 2.05) is 54.6 Å². The molecule has 0 heterocycles. The smallest absolute Gasteiger partial charge is 0.339 e. The Morgan fingerprint density at radius 3 is 1.91 bits per heavy atom. The summed E-state index contributed by atoms with van der Waals surface area (Å²) in [5.74, 6) is -0.217. The Morgan fingerprint density at radius 1 is 0.914 bits per heavy atom. The second kappa shape index (κ2) is 8.92. The molecule has 0 unspecified atom stereocenters. The van der Waals surface area contributed by atoms with Gasteiger partial charge in [0.1, 0.15) is 11.7 Å². The molecule has 3 aromatic carbocycles. The number of aliphatic hydroxyl groups excluding tert-OH is 1. The van der Waals surface area contributed by atoms with Crippen LogP contribution in [0.4, 0.5) is 0 Å². The molecule has 2 saturated carbocycles. The highest BCUT2D eigenvalue weighted by Crippen LogP contribution is 2.74. The van der Waals surface area contributed by atoms with Crippen LogP contribution in [0, 0.1) is 16.7 Å². The Hall–Kier alpha value is -2.95. The molecule has 0 saturated heterocycles. The maximum Gasteiger partial charge on any atom is 0.339 e.